The van der Waals surface area contributed by atoms with Crippen LogP contribution in [0.5, 0.6) is 0 Å². The van der Waals surface area contributed by atoms with E-state index in [1.165, 1.54) is 12.8 Å². The molecule has 13 heavy (non-hydrogen) atoms. The van der Waals surface area contributed by atoms with Gasteiger partial charge in [-0.1, -0.05) is 0 Å². The smallest absolute Gasteiger partial charge is 0.222 e. The number of carbonyl (C=O) groups excluding carboxylic acids is 1. The van der Waals surface area contributed by atoms with E-state index in [2.05, 4.69) is 6.92 Å². The highest BCUT2D eigenvalue weighted by molar-refractivity contribution is 5.77. The van der Waals surface area contributed by atoms with Crippen molar-refractivity contribution in [2.24, 2.45) is 0 Å². The topological polar surface area (TPSA) is 29.5 Å². The zero-order chi connectivity index (χ0) is 9.68. The van der Waals surface area contributed by atoms with Crippen LogP contribution in [0.4, 0.5) is 0 Å². The minimum atomic E-state index is 0.292. The number of ether oxygens (including phenoxy) is 1. The first-order valence-corrected chi connectivity index (χ1v) is 5.05. The SMILES string of the molecule is CC1CCCO1.CN1CCCC1=O. The fourth-order valence-corrected chi connectivity index (χ4v) is 1.52. The van der Waals surface area contributed by atoms with Crippen molar-refractivity contribution < 1.29 is 9.53 Å². The first-order valence-electron chi connectivity index (χ1n) is 5.05. The van der Waals surface area contributed by atoms with E-state index in [1.54, 1.807) is 4.90 Å². The molecule has 2 aliphatic heterocycles. The molecule has 0 saturated carbocycles. The van der Waals surface area contributed by atoms with Crippen LogP contribution in [-0.2, 0) is 9.53 Å². The van der Waals surface area contributed by atoms with Crippen molar-refractivity contribution in [1.82, 2.24) is 4.90 Å². The second kappa shape index (κ2) is 5.22. The molecule has 0 aromatic rings. The summed E-state index contributed by atoms with van der Waals surface area (Å²) in [6, 6.07) is 0. The fourth-order valence-electron chi connectivity index (χ4n) is 1.52. The van der Waals surface area contributed by atoms with Gasteiger partial charge in [0.1, 0.15) is 0 Å². The number of amides is 1. The van der Waals surface area contributed by atoms with Crippen LogP contribution in [0.2, 0.25) is 0 Å². The number of likely N-dealkylation sites (tertiary alicyclic amines) is 1. The van der Waals surface area contributed by atoms with Crippen LogP contribution < -0.4 is 0 Å². The maximum absolute atomic E-state index is 10.5. The van der Waals surface area contributed by atoms with E-state index in [0.717, 1.165) is 26.0 Å². The normalized spacial score (nSPS) is 27.4. The van der Waals surface area contributed by atoms with Gasteiger partial charge in [-0.25, -0.2) is 0 Å². The van der Waals surface area contributed by atoms with Gasteiger partial charge in [-0.15, -0.1) is 0 Å². The van der Waals surface area contributed by atoms with Crippen LogP contribution in [0, 0.1) is 0 Å². The quantitative estimate of drug-likeness (QED) is 0.571. The highest BCUT2D eigenvalue weighted by Crippen LogP contribution is 2.09. The van der Waals surface area contributed by atoms with E-state index in [1.807, 2.05) is 7.05 Å². The van der Waals surface area contributed by atoms with Gasteiger partial charge < -0.3 is 9.64 Å². The second-order valence-electron chi connectivity index (χ2n) is 3.74. The van der Waals surface area contributed by atoms with Crippen molar-refractivity contribution in [2.45, 2.75) is 38.7 Å². The summed E-state index contributed by atoms with van der Waals surface area (Å²) in [5.74, 6) is 0.292. The molecule has 1 atom stereocenters. The molecular formula is C10H19NO2. The van der Waals surface area contributed by atoms with E-state index < -0.39 is 0 Å². The molecule has 2 fully saturated rings. The van der Waals surface area contributed by atoms with E-state index in [4.69, 9.17) is 4.74 Å². The second-order valence-corrected chi connectivity index (χ2v) is 3.74. The Morgan fingerprint density at radius 3 is 2.38 bits per heavy atom. The van der Waals surface area contributed by atoms with Crippen LogP contribution in [-0.4, -0.2) is 37.1 Å². The van der Waals surface area contributed by atoms with Crippen LogP contribution in [0.25, 0.3) is 0 Å². The van der Waals surface area contributed by atoms with Crippen LogP contribution >= 0.6 is 0 Å². The van der Waals surface area contributed by atoms with E-state index in [9.17, 15) is 4.79 Å². The summed E-state index contributed by atoms with van der Waals surface area (Å²) in [7, 11) is 1.84. The van der Waals surface area contributed by atoms with Crippen molar-refractivity contribution in [1.29, 1.82) is 0 Å². The average molecular weight is 185 g/mol. The summed E-state index contributed by atoms with van der Waals surface area (Å²) in [5.41, 5.74) is 0. The molecule has 0 N–H and O–H groups in total. The van der Waals surface area contributed by atoms with Gasteiger partial charge >= 0.3 is 0 Å². The maximum atomic E-state index is 10.5. The zero-order valence-corrected chi connectivity index (χ0v) is 8.58. The summed E-state index contributed by atoms with van der Waals surface area (Å²) < 4.78 is 5.15. The molecule has 76 valence electrons. The summed E-state index contributed by atoms with van der Waals surface area (Å²) in [6.45, 7) is 4.06. The largest absolute Gasteiger partial charge is 0.379 e. The number of hydrogen-bond acceptors (Lipinski definition) is 2. The molecule has 2 saturated heterocycles. The van der Waals surface area contributed by atoms with Gasteiger partial charge in [-0.3, -0.25) is 4.79 Å². The van der Waals surface area contributed by atoms with Crippen molar-refractivity contribution in [2.75, 3.05) is 20.2 Å². The molecule has 0 aromatic carbocycles. The predicted octanol–water partition coefficient (Wildman–Crippen LogP) is 1.42. The molecule has 1 unspecified atom stereocenters. The zero-order valence-electron chi connectivity index (χ0n) is 8.58. The molecule has 1 amide bonds. The lowest BCUT2D eigenvalue weighted by molar-refractivity contribution is -0.126. The number of hydrogen-bond donors (Lipinski definition) is 0. The Bertz CT molecular complexity index is 164. The molecule has 0 bridgehead atoms. The van der Waals surface area contributed by atoms with Gasteiger partial charge in [0.25, 0.3) is 0 Å². The third kappa shape index (κ3) is 3.77. The molecule has 3 heteroatoms. The molecule has 0 aromatic heterocycles. The Morgan fingerprint density at radius 1 is 1.46 bits per heavy atom. The Balaban J connectivity index is 0.000000132. The number of rotatable bonds is 0. The lowest BCUT2D eigenvalue weighted by Gasteiger charge is -2.03. The van der Waals surface area contributed by atoms with Gasteiger partial charge in [-0.2, -0.15) is 0 Å². The van der Waals surface area contributed by atoms with Gasteiger partial charge in [-0.05, 0) is 26.2 Å². The Hall–Kier alpha value is -0.570. The van der Waals surface area contributed by atoms with Gasteiger partial charge in [0.05, 0.1) is 6.10 Å². The van der Waals surface area contributed by atoms with Crippen LogP contribution in [0.15, 0.2) is 0 Å². The summed E-state index contributed by atoms with van der Waals surface area (Å²) in [6.07, 6.45) is 4.89. The lowest BCUT2D eigenvalue weighted by Crippen LogP contribution is -2.17. The van der Waals surface area contributed by atoms with Gasteiger partial charge in [0, 0.05) is 26.6 Å². The first-order chi connectivity index (χ1) is 6.20. The summed E-state index contributed by atoms with van der Waals surface area (Å²) in [5, 5.41) is 0. The van der Waals surface area contributed by atoms with Gasteiger partial charge in [0.15, 0.2) is 0 Å². The van der Waals surface area contributed by atoms with E-state index >= 15 is 0 Å². The van der Waals surface area contributed by atoms with Crippen molar-refractivity contribution in [3.05, 3.63) is 0 Å². The Labute approximate surface area is 80.1 Å². The number of nitrogens with zero attached hydrogens (tertiary/aromatic N) is 1. The predicted molar refractivity (Wildman–Crippen MR) is 51.5 cm³/mol. The molecule has 0 spiro atoms. The minimum Gasteiger partial charge on any atom is -0.379 e. The molecule has 0 radical (unpaired) electrons. The van der Waals surface area contributed by atoms with E-state index in [-0.39, 0.29) is 0 Å². The Morgan fingerprint density at radius 2 is 2.23 bits per heavy atom. The third-order valence-corrected chi connectivity index (χ3v) is 2.47. The fraction of sp³-hybridized carbons (Fsp3) is 0.900. The molecule has 2 heterocycles. The lowest BCUT2D eigenvalue weighted by atomic mass is 10.3. The maximum Gasteiger partial charge on any atom is 0.222 e. The summed E-state index contributed by atoms with van der Waals surface area (Å²) >= 11 is 0. The van der Waals surface area contributed by atoms with Crippen molar-refractivity contribution >= 4 is 5.91 Å². The minimum absolute atomic E-state index is 0.292. The number of carbonyl (C=O) groups is 1. The molecule has 2 aliphatic rings. The third-order valence-electron chi connectivity index (χ3n) is 2.47. The molecule has 3 nitrogen and oxygen atoms in total. The Kier molecular flexibility index (Phi) is 4.22. The van der Waals surface area contributed by atoms with E-state index in [0.29, 0.717) is 12.0 Å². The average Bonchev–Trinajstić information content (AvgIpc) is 2.67. The van der Waals surface area contributed by atoms with Crippen molar-refractivity contribution in [3.8, 4) is 0 Å². The highest BCUT2D eigenvalue weighted by atomic mass is 16.5. The first kappa shape index (κ1) is 10.5. The molecule has 2 rings (SSSR count). The van der Waals surface area contributed by atoms with Crippen LogP contribution in [0.1, 0.15) is 32.6 Å². The van der Waals surface area contributed by atoms with Crippen molar-refractivity contribution in [3.63, 3.8) is 0 Å². The highest BCUT2D eigenvalue weighted by Gasteiger charge is 2.14. The van der Waals surface area contributed by atoms with Crippen LogP contribution in [0.3, 0.4) is 0 Å². The standard InChI is InChI=1S/C5H9NO.C5H10O/c1-6-4-2-3-5(6)7;1-5-3-2-4-6-5/h2-4H2,1H3;5H,2-4H2,1H3. The van der Waals surface area contributed by atoms with Gasteiger partial charge in [0.2, 0.25) is 5.91 Å². The molecule has 0 aliphatic carbocycles. The molecular weight excluding hydrogens is 166 g/mol. The summed E-state index contributed by atoms with van der Waals surface area (Å²) in [4.78, 5) is 12.3. The monoisotopic (exact) mass is 185 g/mol.